The lowest BCUT2D eigenvalue weighted by Crippen LogP contribution is -2.40. The van der Waals surface area contributed by atoms with Crippen molar-refractivity contribution in [2.45, 2.75) is 71.3 Å². The van der Waals surface area contributed by atoms with E-state index in [1.165, 1.54) is 12.1 Å². The fourth-order valence-corrected chi connectivity index (χ4v) is 4.65. The maximum Gasteiger partial charge on any atom is 0.416 e. The number of nitrogens with one attached hydrogen (secondary N) is 1. The standard InChI is InChI=1S/C27H30ClF6NO3/c1-15(26(29,30)31)21(17-6-8-18(9-7-17)27(32,33)34)22(36)35-20-13-16(5-10-19(20)28)14-25(11-12-25)23(37)38-24(2,3)4/h5-6,8-10,13,15,17,21H,7,11-12,14H2,1-4H3,(H,35,36)/t15-,17?,21+/m1/s1. The van der Waals surface area contributed by atoms with Crippen molar-refractivity contribution >= 4 is 29.2 Å². The van der Waals surface area contributed by atoms with Crippen LogP contribution in [0.2, 0.25) is 5.02 Å². The molecule has 210 valence electrons. The summed E-state index contributed by atoms with van der Waals surface area (Å²) in [5.74, 6) is -6.31. The zero-order chi connectivity index (χ0) is 28.7. The third-order valence-corrected chi connectivity index (χ3v) is 7.13. The summed E-state index contributed by atoms with van der Waals surface area (Å²) >= 11 is 6.23. The maximum atomic E-state index is 13.7. The number of hydrogen-bond donors (Lipinski definition) is 1. The molecule has 0 radical (unpaired) electrons. The quantitative estimate of drug-likeness (QED) is 0.271. The van der Waals surface area contributed by atoms with Gasteiger partial charge >= 0.3 is 18.3 Å². The zero-order valence-corrected chi connectivity index (χ0v) is 22.2. The number of hydrogen-bond acceptors (Lipinski definition) is 3. The van der Waals surface area contributed by atoms with Crippen molar-refractivity contribution < 1.29 is 40.7 Å². The third-order valence-electron chi connectivity index (χ3n) is 6.80. The first-order valence-corrected chi connectivity index (χ1v) is 12.6. The minimum absolute atomic E-state index is 0.0554. The third kappa shape index (κ3) is 7.33. The highest BCUT2D eigenvalue weighted by Gasteiger charge is 2.52. The van der Waals surface area contributed by atoms with Gasteiger partial charge in [0.15, 0.2) is 0 Å². The summed E-state index contributed by atoms with van der Waals surface area (Å²) in [5.41, 5.74) is -1.67. The molecule has 2 aliphatic rings. The molecule has 0 aliphatic heterocycles. The van der Waals surface area contributed by atoms with E-state index in [1.54, 1.807) is 26.8 Å². The Morgan fingerprint density at radius 2 is 1.76 bits per heavy atom. The lowest BCUT2D eigenvalue weighted by Gasteiger charge is -2.31. The Kier molecular flexibility index (Phi) is 8.37. The molecular weight excluding hydrogens is 536 g/mol. The fourth-order valence-electron chi connectivity index (χ4n) is 4.48. The summed E-state index contributed by atoms with van der Waals surface area (Å²) < 4.78 is 85.5. The predicted octanol–water partition coefficient (Wildman–Crippen LogP) is 7.82. The molecule has 0 heterocycles. The number of amides is 1. The summed E-state index contributed by atoms with van der Waals surface area (Å²) in [5, 5.41) is 2.52. The van der Waals surface area contributed by atoms with Gasteiger partial charge in [-0.15, -0.1) is 0 Å². The van der Waals surface area contributed by atoms with E-state index in [1.807, 2.05) is 0 Å². The number of ether oxygens (including phenoxy) is 1. The number of anilines is 1. The van der Waals surface area contributed by atoms with Gasteiger partial charge in [0.05, 0.1) is 33.5 Å². The molecule has 0 spiro atoms. The largest absolute Gasteiger partial charge is 0.460 e. The van der Waals surface area contributed by atoms with Crippen molar-refractivity contribution in [1.29, 1.82) is 0 Å². The molecule has 1 aromatic carbocycles. The average Bonchev–Trinajstić information content (AvgIpc) is 3.55. The molecule has 3 atom stereocenters. The Hall–Kier alpha value is -2.49. The van der Waals surface area contributed by atoms with E-state index in [4.69, 9.17) is 16.3 Å². The normalized spacial score (nSPS) is 20.8. The van der Waals surface area contributed by atoms with Gasteiger partial charge in [0.2, 0.25) is 5.91 Å². The minimum atomic E-state index is -4.76. The van der Waals surface area contributed by atoms with Crippen LogP contribution in [0.5, 0.6) is 0 Å². The van der Waals surface area contributed by atoms with Gasteiger partial charge < -0.3 is 10.1 Å². The Morgan fingerprint density at radius 3 is 2.24 bits per heavy atom. The van der Waals surface area contributed by atoms with Crippen LogP contribution in [0, 0.1) is 23.2 Å². The van der Waals surface area contributed by atoms with E-state index >= 15 is 0 Å². The summed E-state index contributed by atoms with van der Waals surface area (Å²) in [6, 6.07) is 4.63. The molecule has 1 aromatic rings. The first-order valence-electron chi connectivity index (χ1n) is 12.2. The van der Waals surface area contributed by atoms with E-state index in [0.717, 1.165) is 19.1 Å². The van der Waals surface area contributed by atoms with Crippen LogP contribution in [0.4, 0.5) is 32.0 Å². The molecule has 0 bridgehead atoms. The first-order chi connectivity index (χ1) is 17.3. The van der Waals surface area contributed by atoms with Crippen molar-refractivity contribution in [1.82, 2.24) is 0 Å². The molecule has 1 saturated carbocycles. The Morgan fingerprint density at radius 1 is 1.13 bits per heavy atom. The van der Waals surface area contributed by atoms with E-state index < -0.39 is 52.6 Å². The van der Waals surface area contributed by atoms with Crippen molar-refractivity contribution in [3.05, 3.63) is 52.6 Å². The smallest absolute Gasteiger partial charge is 0.416 e. The van der Waals surface area contributed by atoms with E-state index in [2.05, 4.69) is 5.32 Å². The molecule has 38 heavy (non-hydrogen) atoms. The molecule has 0 aromatic heterocycles. The molecular formula is C27H30ClF6NO3. The van der Waals surface area contributed by atoms with Crippen LogP contribution in [-0.4, -0.2) is 29.8 Å². The molecule has 1 N–H and O–H groups in total. The number of benzene rings is 1. The zero-order valence-electron chi connectivity index (χ0n) is 21.4. The topological polar surface area (TPSA) is 55.4 Å². The summed E-state index contributed by atoms with van der Waals surface area (Å²) in [6.45, 7) is 6.11. The van der Waals surface area contributed by atoms with E-state index in [-0.39, 0.29) is 23.1 Å². The number of carbonyl (C=O) groups excluding carboxylic acids is 2. The summed E-state index contributed by atoms with van der Waals surface area (Å²) in [6.07, 6.45) is -5.76. The molecule has 1 amide bonds. The van der Waals surface area contributed by atoms with Crippen molar-refractivity contribution in [2.24, 2.45) is 23.2 Å². The second kappa shape index (κ2) is 10.6. The van der Waals surface area contributed by atoms with Crippen LogP contribution in [-0.2, 0) is 20.7 Å². The SMILES string of the molecule is C[C@H]([C@H](C(=O)Nc1cc(CC2(C(=O)OC(C)(C)C)CC2)ccc1Cl)C1C=CC(C(F)(F)F)=CC1)C(F)(F)F. The van der Waals surface area contributed by atoms with Crippen molar-refractivity contribution in [3.63, 3.8) is 0 Å². The van der Waals surface area contributed by atoms with Gasteiger partial charge in [-0.05, 0) is 70.1 Å². The number of esters is 1. The van der Waals surface area contributed by atoms with Crippen molar-refractivity contribution in [2.75, 3.05) is 5.32 Å². The Bertz CT molecular complexity index is 1130. The monoisotopic (exact) mass is 565 g/mol. The number of halogens is 7. The molecule has 11 heteroatoms. The second-order valence-electron chi connectivity index (χ2n) is 11.0. The lowest BCUT2D eigenvalue weighted by molar-refractivity contribution is -0.188. The number of allylic oxidation sites excluding steroid dienone is 4. The Balaban J connectivity index is 1.82. The highest BCUT2D eigenvalue weighted by molar-refractivity contribution is 6.33. The minimum Gasteiger partial charge on any atom is -0.460 e. The number of rotatable bonds is 7. The summed E-state index contributed by atoms with van der Waals surface area (Å²) in [7, 11) is 0. The van der Waals surface area contributed by atoms with Crippen LogP contribution >= 0.6 is 11.6 Å². The molecule has 3 rings (SSSR count). The highest BCUT2D eigenvalue weighted by Crippen LogP contribution is 2.50. The molecule has 1 fully saturated rings. The fraction of sp³-hybridized carbons (Fsp3) is 0.556. The van der Waals surface area contributed by atoms with Crippen molar-refractivity contribution in [3.8, 4) is 0 Å². The maximum absolute atomic E-state index is 13.7. The van der Waals surface area contributed by atoms with Gasteiger partial charge in [-0.3, -0.25) is 9.59 Å². The van der Waals surface area contributed by atoms with E-state index in [0.29, 0.717) is 30.9 Å². The van der Waals surface area contributed by atoms with Gasteiger partial charge in [-0.25, -0.2) is 0 Å². The van der Waals surface area contributed by atoms with Gasteiger partial charge in [0, 0.05) is 0 Å². The second-order valence-corrected chi connectivity index (χ2v) is 11.4. The van der Waals surface area contributed by atoms with Crippen LogP contribution in [0.1, 0.15) is 52.5 Å². The highest BCUT2D eigenvalue weighted by atomic mass is 35.5. The van der Waals surface area contributed by atoms with Gasteiger partial charge in [-0.1, -0.05) is 42.8 Å². The summed E-state index contributed by atoms with van der Waals surface area (Å²) in [4.78, 5) is 25.9. The molecule has 1 unspecified atom stereocenters. The molecule has 0 saturated heterocycles. The van der Waals surface area contributed by atoms with Crippen LogP contribution in [0.15, 0.2) is 42.0 Å². The van der Waals surface area contributed by atoms with Gasteiger partial charge in [0.1, 0.15) is 5.60 Å². The van der Waals surface area contributed by atoms with Crippen LogP contribution in [0.3, 0.4) is 0 Å². The Labute approximate surface area is 222 Å². The van der Waals surface area contributed by atoms with Crippen LogP contribution in [0.25, 0.3) is 0 Å². The van der Waals surface area contributed by atoms with Gasteiger partial charge in [0.25, 0.3) is 0 Å². The predicted molar refractivity (Wildman–Crippen MR) is 131 cm³/mol. The van der Waals surface area contributed by atoms with Crippen LogP contribution < -0.4 is 5.32 Å². The first kappa shape index (κ1) is 30.1. The number of alkyl halides is 6. The van der Waals surface area contributed by atoms with Gasteiger partial charge in [-0.2, -0.15) is 26.3 Å². The average molecular weight is 566 g/mol. The lowest BCUT2D eigenvalue weighted by atomic mass is 9.77. The number of carbonyl (C=O) groups is 2. The molecule has 4 nitrogen and oxygen atoms in total. The molecule has 2 aliphatic carbocycles. The van der Waals surface area contributed by atoms with E-state index in [9.17, 15) is 35.9 Å².